The molecule has 3 rings (SSSR count). The van der Waals surface area contributed by atoms with Gasteiger partial charge in [-0.25, -0.2) is 4.98 Å². The first-order valence-corrected chi connectivity index (χ1v) is 9.10. The summed E-state index contributed by atoms with van der Waals surface area (Å²) in [4.78, 5) is 4.67. The molecule has 2 aromatic heterocycles. The lowest BCUT2D eigenvalue weighted by Gasteiger charge is -2.08. The average Bonchev–Trinajstić information content (AvgIpc) is 3.23. The van der Waals surface area contributed by atoms with Crippen molar-refractivity contribution in [2.24, 2.45) is 0 Å². The molecule has 0 fully saturated rings. The minimum atomic E-state index is 0.708. The predicted octanol–water partition coefficient (Wildman–Crippen LogP) is 3.97. The first-order chi connectivity index (χ1) is 10.8. The number of hydrogen-bond acceptors (Lipinski definition) is 8. The molecule has 0 saturated carbocycles. The number of thiazole rings is 1. The highest BCUT2D eigenvalue weighted by molar-refractivity contribution is 8.00. The van der Waals surface area contributed by atoms with E-state index in [1.165, 1.54) is 0 Å². The molecule has 0 atom stereocenters. The van der Waals surface area contributed by atoms with Crippen molar-refractivity contribution >= 4 is 34.4 Å². The van der Waals surface area contributed by atoms with Crippen LogP contribution in [0.4, 0.5) is 0 Å². The topological polar surface area (TPSA) is 57.1 Å². The number of hydrogen-bond donors (Lipinski definition) is 0. The molecule has 8 heteroatoms. The van der Waals surface area contributed by atoms with E-state index in [2.05, 4.69) is 20.6 Å². The van der Waals surface area contributed by atoms with Crippen LogP contribution in [0.2, 0.25) is 0 Å². The van der Waals surface area contributed by atoms with Crippen LogP contribution in [-0.2, 0) is 5.75 Å². The molecular formula is C14H13N3O2S3. The Morgan fingerprint density at radius 1 is 1.14 bits per heavy atom. The summed E-state index contributed by atoms with van der Waals surface area (Å²) in [6.45, 7) is 0. The molecule has 0 aliphatic carbocycles. The predicted molar refractivity (Wildman–Crippen MR) is 90.1 cm³/mol. The third-order valence-corrected chi connectivity index (χ3v) is 5.70. The molecule has 0 radical (unpaired) electrons. The summed E-state index contributed by atoms with van der Waals surface area (Å²) in [5.74, 6) is 2.22. The van der Waals surface area contributed by atoms with Crippen LogP contribution in [0.25, 0.3) is 10.6 Å². The average molecular weight is 351 g/mol. The normalized spacial score (nSPS) is 10.6. The Balaban J connectivity index is 1.75. The van der Waals surface area contributed by atoms with Crippen molar-refractivity contribution in [3.05, 3.63) is 34.8 Å². The quantitative estimate of drug-likeness (QED) is 0.626. The van der Waals surface area contributed by atoms with Gasteiger partial charge in [0, 0.05) is 16.7 Å². The highest BCUT2D eigenvalue weighted by Gasteiger charge is 2.10. The molecule has 5 nitrogen and oxygen atoms in total. The lowest BCUT2D eigenvalue weighted by Crippen LogP contribution is -1.90. The van der Waals surface area contributed by atoms with E-state index in [1.807, 2.05) is 18.2 Å². The zero-order valence-electron chi connectivity index (χ0n) is 12.0. The van der Waals surface area contributed by atoms with Crippen molar-refractivity contribution in [2.75, 3.05) is 14.2 Å². The van der Waals surface area contributed by atoms with Crippen LogP contribution in [0, 0.1) is 0 Å². The third kappa shape index (κ3) is 3.40. The second kappa shape index (κ2) is 7.08. The van der Waals surface area contributed by atoms with E-state index in [9.17, 15) is 0 Å². The van der Waals surface area contributed by atoms with E-state index in [-0.39, 0.29) is 0 Å². The fourth-order valence-electron chi connectivity index (χ4n) is 1.84. The zero-order chi connectivity index (χ0) is 15.4. The van der Waals surface area contributed by atoms with E-state index in [1.54, 1.807) is 54.2 Å². The van der Waals surface area contributed by atoms with Gasteiger partial charge in [0.2, 0.25) is 0 Å². The molecule has 1 aromatic carbocycles. The molecule has 0 spiro atoms. The van der Waals surface area contributed by atoms with Crippen molar-refractivity contribution in [3.63, 3.8) is 0 Å². The Kier molecular flexibility index (Phi) is 4.91. The molecule has 22 heavy (non-hydrogen) atoms. The summed E-state index contributed by atoms with van der Waals surface area (Å²) in [7, 11) is 3.26. The van der Waals surface area contributed by atoms with Gasteiger partial charge in [0.25, 0.3) is 0 Å². The lowest BCUT2D eigenvalue weighted by molar-refractivity contribution is 0.355. The maximum absolute atomic E-state index is 5.34. The minimum absolute atomic E-state index is 0.708. The Hall–Kier alpha value is -1.64. The van der Waals surface area contributed by atoms with Crippen LogP contribution < -0.4 is 9.47 Å². The van der Waals surface area contributed by atoms with Gasteiger partial charge in [0.05, 0.1) is 19.9 Å². The number of aromatic nitrogens is 3. The Morgan fingerprint density at radius 2 is 2.00 bits per heavy atom. The van der Waals surface area contributed by atoms with Gasteiger partial charge in [-0.05, 0) is 18.2 Å². The standard InChI is InChI=1S/C14H13N3O2S3/c1-18-11-4-3-9(5-12(11)19-2)13-16-10(6-20-13)7-21-14-17-15-8-22-14/h3-6,8H,7H2,1-2H3. The number of thioether (sulfide) groups is 1. The van der Waals surface area contributed by atoms with Crippen LogP contribution in [0.3, 0.4) is 0 Å². The molecular weight excluding hydrogens is 338 g/mol. The van der Waals surface area contributed by atoms with Crippen molar-refractivity contribution < 1.29 is 9.47 Å². The molecule has 0 unspecified atom stereocenters. The van der Waals surface area contributed by atoms with Gasteiger partial charge in [-0.1, -0.05) is 23.1 Å². The van der Waals surface area contributed by atoms with Crippen LogP contribution in [-0.4, -0.2) is 29.4 Å². The van der Waals surface area contributed by atoms with E-state index < -0.39 is 0 Å². The summed E-state index contributed by atoms with van der Waals surface area (Å²) in [6.07, 6.45) is 0. The van der Waals surface area contributed by atoms with Crippen molar-refractivity contribution in [1.82, 2.24) is 15.2 Å². The molecule has 0 amide bonds. The molecule has 0 aliphatic heterocycles. The molecule has 0 aliphatic rings. The maximum Gasteiger partial charge on any atom is 0.174 e. The van der Waals surface area contributed by atoms with Gasteiger partial charge in [0.1, 0.15) is 10.5 Å². The molecule has 0 N–H and O–H groups in total. The number of rotatable bonds is 6. The number of ether oxygens (including phenoxy) is 2. The Bertz CT molecular complexity index is 744. The molecule has 3 aromatic rings. The largest absolute Gasteiger partial charge is 0.493 e. The first kappa shape index (κ1) is 15.3. The lowest BCUT2D eigenvalue weighted by atomic mass is 10.2. The Labute approximate surface area is 140 Å². The fourth-order valence-corrected chi connectivity index (χ4v) is 4.14. The SMILES string of the molecule is COc1ccc(-c2nc(CSc3nncs3)cs2)cc1OC. The van der Waals surface area contributed by atoms with Crippen molar-refractivity contribution in [3.8, 4) is 22.1 Å². The Morgan fingerprint density at radius 3 is 2.73 bits per heavy atom. The number of benzene rings is 1. The van der Waals surface area contributed by atoms with Crippen molar-refractivity contribution in [2.45, 2.75) is 10.1 Å². The van der Waals surface area contributed by atoms with E-state index in [0.717, 1.165) is 32.1 Å². The van der Waals surface area contributed by atoms with Gasteiger partial charge in [0.15, 0.2) is 15.8 Å². The van der Waals surface area contributed by atoms with Gasteiger partial charge >= 0.3 is 0 Å². The molecule has 114 valence electrons. The second-order valence-electron chi connectivity index (χ2n) is 4.21. The molecule has 0 bridgehead atoms. The van der Waals surface area contributed by atoms with Crippen LogP contribution in [0.5, 0.6) is 11.5 Å². The first-order valence-electron chi connectivity index (χ1n) is 6.36. The summed E-state index contributed by atoms with van der Waals surface area (Å²) < 4.78 is 11.5. The summed E-state index contributed by atoms with van der Waals surface area (Å²) in [5, 5.41) is 10.9. The monoisotopic (exact) mass is 351 g/mol. The number of nitrogens with zero attached hydrogens (tertiary/aromatic N) is 3. The fraction of sp³-hybridized carbons (Fsp3) is 0.214. The van der Waals surface area contributed by atoms with Gasteiger partial charge < -0.3 is 9.47 Å². The van der Waals surface area contributed by atoms with Crippen molar-refractivity contribution in [1.29, 1.82) is 0 Å². The van der Waals surface area contributed by atoms with Gasteiger partial charge in [-0.2, -0.15) is 0 Å². The number of methoxy groups -OCH3 is 2. The summed E-state index contributed by atoms with van der Waals surface area (Å²) >= 11 is 4.81. The van der Waals surface area contributed by atoms with E-state index in [0.29, 0.717) is 5.75 Å². The van der Waals surface area contributed by atoms with E-state index in [4.69, 9.17) is 9.47 Å². The maximum atomic E-state index is 5.34. The van der Waals surface area contributed by atoms with Crippen LogP contribution >= 0.6 is 34.4 Å². The van der Waals surface area contributed by atoms with Crippen LogP contribution in [0.1, 0.15) is 5.69 Å². The highest BCUT2D eigenvalue weighted by Crippen LogP contribution is 2.34. The minimum Gasteiger partial charge on any atom is -0.493 e. The molecule has 0 saturated heterocycles. The van der Waals surface area contributed by atoms with Gasteiger partial charge in [-0.3, -0.25) is 0 Å². The third-order valence-electron chi connectivity index (χ3n) is 2.87. The smallest absolute Gasteiger partial charge is 0.174 e. The zero-order valence-corrected chi connectivity index (χ0v) is 14.4. The molecule has 2 heterocycles. The second-order valence-corrected chi connectivity index (χ2v) is 7.12. The summed E-state index contributed by atoms with van der Waals surface area (Å²) in [6, 6.07) is 5.83. The van der Waals surface area contributed by atoms with Gasteiger partial charge in [-0.15, -0.1) is 21.5 Å². The van der Waals surface area contributed by atoms with Crippen LogP contribution in [0.15, 0.2) is 33.4 Å². The van der Waals surface area contributed by atoms with E-state index >= 15 is 0 Å². The highest BCUT2D eigenvalue weighted by atomic mass is 32.2. The summed E-state index contributed by atoms with van der Waals surface area (Å²) in [5.41, 5.74) is 3.79.